The first-order valence-electron chi connectivity index (χ1n) is 6.02. The van der Waals surface area contributed by atoms with E-state index in [4.69, 9.17) is 5.73 Å². The summed E-state index contributed by atoms with van der Waals surface area (Å²) in [5, 5.41) is 0. The van der Waals surface area contributed by atoms with Gasteiger partial charge in [0.05, 0.1) is 0 Å². The van der Waals surface area contributed by atoms with E-state index in [9.17, 15) is 0 Å². The zero-order chi connectivity index (χ0) is 12.8. The van der Waals surface area contributed by atoms with E-state index in [0.717, 1.165) is 37.6 Å². The van der Waals surface area contributed by atoms with Gasteiger partial charge in [-0.15, -0.1) is 0 Å². The molecule has 2 N–H and O–H groups in total. The van der Waals surface area contributed by atoms with E-state index in [1.807, 2.05) is 20.0 Å². The lowest BCUT2D eigenvalue weighted by molar-refractivity contribution is 0.401. The summed E-state index contributed by atoms with van der Waals surface area (Å²) in [6.45, 7) is 4.08. The van der Waals surface area contributed by atoms with Gasteiger partial charge in [-0.05, 0) is 27.1 Å². The number of aryl methyl sites for hydroxylation is 1. The molecule has 0 aliphatic rings. The van der Waals surface area contributed by atoms with Crippen LogP contribution in [0.25, 0.3) is 0 Å². The maximum Gasteiger partial charge on any atom is 0.134 e. The highest BCUT2D eigenvalue weighted by Crippen LogP contribution is 2.13. The maximum absolute atomic E-state index is 5.76. The van der Waals surface area contributed by atoms with Gasteiger partial charge in [-0.2, -0.15) is 0 Å². The van der Waals surface area contributed by atoms with Crippen molar-refractivity contribution in [2.45, 2.75) is 19.8 Å². The van der Waals surface area contributed by atoms with E-state index in [1.54, 1.807) is 0 Å². The summed E-state index contributed by atoms with van der Waals surface area (Å²) >= 11 is 0. The number of rotatable bonds is 6. The minimum absolute atomic E-state index is 0.548. The van der Waals surface area contributed by atoms with Crippen LogP contribution in [0.4, 0.5) is 11.6 Å². The zero-order valence-electron chi connectivity index (χ0n) is 11.3. The number of hydrogen-bond acceptors (Lipinski definition) is 5. The summed E-state index contributed by atoms with van der Waals surface area (Å²) in [6.07, 6.45) is 1.92. The SMILES string of the molecule is CCc1nc(N)cc(N(C)CCCN(C)C)n1. The van der Waals surface area contributed by atoms with Crippen LogP contribution in [0.5, 0.6) is 0 Å². The van der Waals surface area contributed by atoms with Crippen molar-refractivity contribution in [3.63, 3.8) is 0 Å². The summed E-state index contributed by atoms with van der Waals surface area (Å²) in [7, 11) is 6.20. The smallest absolute Gasteiger partial charge is 0.134 e. The molecule has 0 spiro atoms. The third kappa shape index (κ3) is 4.56. The molecule has 1 rings (SSSR count). The van der Waals surface area contributed by atoms with E-state index < -0.39 is 0 Å². The second-order valence-electron chi connectivity index (χ2n) is 4.50. The molecule has 0 radical (unpaired) electrons. The van der Waals surface area contributed by atoms with E-state index in [-0.39, 0.29) is 0 Å². The van der Waals surface area contributed by atoms with E-state index in [1.165, 1.54) is 0 Å². The summed E-state index contributed by atoms with van der Waals surface area (Å²) in [5.41, 5.74) is 5.76. The summed E-state index contributed by atoms with van der Waals surface area (Å²) in [4.78, 5) is 13.0. The first-order chi connectivity index (χ1) is 8.02. The molecule has 96 valence electrons. The normalized spacial score (nSPS) is 10.9. The number of hydrogen-bond donors (Lipinski definition) is 1. The van der Waals surface area contributed by atoms with Gasteiger partial charge in [0.1, 0.15) is 17.5 Å². The quantitative estimate of drug-likeness (QED) is 0.800. The van der Waals surface area contributed by atoms with Gasteiger partial charge in [0, 0.05) is 26.1 Å². The molecule has 0 fully saturated rings. The van der Waals surface area contributed by atoms with E-state index in [2.05, 4.69) is 33.9 Å². The lowest BCUT2D eigenvalue weighted by Crippen LogP contribution is -2.24. The Morgan fingerprint density at radius 1 is 1.18 bits per heavy atom. The summed E-state index contributed by atoms with van der Waals surface area (Å²) in [5.74, 6) is 2.26. The number of nitrogens with zero attached hydrogens (tertiary/aromatic N) is 4. The third-order valence-corrected chi connectivity index (χ3v) is 2.58. The molecule has 0 saturated carbocycles. The molecule has 0 bridgehead atoms. The van der Waals surface area contributed by atoms with Gasteiger partial charge < -0.3 is 15.5 Å². The molecular weight excluding hydrogens is 214 g/mol. The molecule has 1 heterocycles. The van der Waals surface area contributed by atoms with Gasteiger partial charge in [0.2, 0.25) is 0 Å². The van der Waals surface area contributed by atoms with Crippen molar-refractivity contribution >= 4 is 11.6 Å². The molecule has 0 unspecified atom stereocenters. The average Bonchev–Trinajstić information content (AvgIpc) is 2.27. The minimum Gasteiger partial charge on any atom is -0.384 e. The van der Waals surface area contributed by atoms with E-state index in [0.29, 0.717) is 5.82 Å². The van der Waals surface area contributed by atoms with Crippen LogP contribution >= 0.6 is 0 Å². The number of aromatic nitrogens is 2. The standard InChI is InChI=1S/C12H23N5/c1-5-11-14-10(13)9-12(15-11)17(4)8-6-7-16(2)3/h9H,5-8H2,1-4H3,(H2,13,14,15). The Bertz CT molecular complexity index is 351. The fourth-order valence-electron chi connectivity index (χ4n) is 1.60. The zero-order valence-corrected chi connectivity index (χ0v) is 11.3. The van der Waals surface area contributed by atoms with Crippen molar-refractivity contribution in [1.82, 2.24) is 14.9 Å². The highest BCUT2D eigenvalue weighted by atomic mass is 15.2. The molecule has 1 aromatic rings. The molecule has 0 aliphatic heterocycles. The van der Waals surface area contributed by atoms with Crippen LogP contribution in [0.2, 0.25) is 0 Å². The van der Waals surface area contributed by atoms with Crippen molar-refractivity contribution in [3.8, 4) is 0 Å². The highest BCUT2D eigenvalue weighted by Gasteiger charge is 2.06. The van der Waals surface area contributed by atoms with Gasteiger partial charge in [-0.25, -0.2) is 9.97 Å². The predicted octanol–water partition coefficient (Wildman–Crippen LogP) is 1.01. The van der Waals surface area contributed by atoms with Crippen LogP contribution in [0.1, 0.15) is 19.2 Å². The number of nitrogens with two attached hydrogens (primary N) is 1. The third-order valence-electron chi connectivity index (χ3n) is 2.58. The first kappa shape index (κ1) is 13.7. The largest absolute Gasteiger partial charge is 0.384 e. The molecule has 5 heteroatoms. The van der Waals surface area contributed by atoms with Crippen LogP contribution < -0.4 is 10.6 Å². The molecule has 0 saturated heterocycles. The lowest BCUT2D eigenvalue weighted by Gasteiger charge is -2.20. The maximum atomic E-state index is 5.76. The Hall–Kier alpha value is -1.36. The molecule has 1 aromatic heterocycles. The van der Waals surface area contributed by atoms with E-state index >= 15 is 0 Å². The number of anilines is 2. The first-order valence-corrected chi connectivity index (χ1v) is 6.02. The predicted molar refractivity (Wildman–Crippen MR) is 72.3 cm³/mol. The van der Waals surface area contributed by atoms with Gasteiger partial charge in [-0.1, -0.05) is 6.92 Å². The van der Waals surface area contributed by atoms with Crippen LogP contribution in [0.15, 0.2) is 6.07 Å². The molecule has 0 amide bonds. The molecule has 0 atom stereocenters. The van der Waals surface area contributed by atoms with Gasteiger partial charge >= 0.3 is 0 Å². The lowest BCUT2D eigenvalue weighted by atomic mass is 10.3. The Labute approximate surface area is 104 Å². The van der Waals surface area contributed by atoms with Crippen molar-refractivity contribution in [2.75, 3.05) is 44.9 Å². The number of nitrogen functional groups attached to an aromatic ring is 1. The topological polar surface area (TPSA) is 58.3 Å². The van der Waals surface area contributed by atoms with Crippen molar-refractivity contribution in [3.05, 3.63) is 11.9 Å². The second kappa shape index (κ2) is 6.39. The molecular formula is C12H23N5. The highest BCUT2D eigenvalue weighted by molar-refractivity contribution is 5.46. The summed E-state index contributed by atoms with van der Waals surface area (Å²) in [6, 6.07) is 1.83. The minimum atomic E-state index is 0.548. The van der Waals surface area contributed by atoms with Crippen LogP contribution in [0.3, 0.4) is 0 Å². The Morgan fingerprint density at radius 3 is 2.47 bits per heavy atom. The second-order valence-corrected chi connectivity index (χ2v) is 4.50. The van der Waals surface area contributed by atoms with Crippen molar-refractivity contribution < 1.29 is 0 Å². The van der Waals surface area contributed by atoms with Gasteiger partial charge in [0.15, 0.2) is 0 Å². The van der Waals surface area contributed by atoms with Gasteiger partial charge in [0.25, 0.3) is 0 Å². The Morgan fingerprint density at radius 2 is 1.88 bits per heavy atom. The van der Waals surface area contributed by atoms with Crippen LogP contribution in [-0.4, -0.2) is 49.1 Å². The molecule has 0 aliphatic carbocycles. The van der Waals surface area contributed by atoms with Crippen molar-refractivity contribution in [2.24, 2.45) is 0 Å². The Kier molecular flexibility index (Phi) is 5.15. The molecule has 0 aromatic carbocycles. The van der Waals surface area contributed by atoms with Crippen LogP contribution in [0, 0.1) is 0 Å². The fraction of sp³-hybridized carbons (Fsp3) is 0.667. The van der Waals surface area contributed by atoms with Gasteiger partial charge in [-0.3, -0.25) is 0 Å². The van der Waals surface area contributed by atoms with Crippen molar-refractivity contribution in [1.29, 1.82) is 0 Å². The Balaban J connectivity index is 2.61. The molecule has 5 nitrogen and oxygen atoms in total. The van der Waals surface area contributed by atoms with Crippen LogP contribution in [-0.2, 0) is 6.42 Å². The molecule has 17 heavy (non-hydrogen) atoms. The average molecular weight is 237 g/mol. The fourth-order valence-corrected chi connectivity index (χ4v) is 1.60. The summed E-state index contributed by atoms with van der Waals surface area (Å²) < 4.78 is 0. The monoisotopic (exact) mass is 237 g/mol.